The molecule has 1 N–H and O–H groups in total. The standard InChI is InChI=1S/C16H23BrN4O2/c1-11(22)19-8-12-4-5-21(10-15(12)20(2)3)16(23)13-6-14(17)9-18-7-13/h6-7,9,12,15H,4-5,8,10H2,1-3H3,(H,19,22)/t12-,15-/m1/s1. The quantitative estimate of drug-likeness (QED) is 0.853. The number of hydrogen-bond donors (Lipinski definition) is 1. The molecule has 2 rings (SSSR count). The minimum absolute atomic E-state index is 0.00336. The van der Waals surface area contributed by atoms with Crippen molar-refractivity contribution in [2.75, 3.05) is 33.7 Å². The lowest BCUT2D eigenvalue weighted by Gasteiger charge is -2.41. The van der Waals surface area contributed by atoms with Crippen molar-refractivity contribution < 1.29 is 9.59 Å². The van der Waals surface area contributed by atoms with Gasteiger partial charge in [0.05, 0.1) is 5.56 Å². The molecule has 1 aliphatic rings. The van der Waals surface area contributed by atoms with Gasteiger partial charge in [0, 0.05) is 49.5 Å². The number of carbonyl (C=O) groups is 2. The topological polar surface area (TPSA) is 65.5 Å². The highest BCUT2D eigenvalue weighted by molar-refractivity contribution is 9.10. The second kappa shape index (κ2) is 7.88. The lowest BCUT2D eigenvalue weighted by molar-refractivity contribution is -0.119. The van der Waals surface area contributed by atoms with Gasteiger partial charge >= 0.3 is 0 Å². The molecule has 126 valence electrons. The number of pyridine rings is 1. The number of likely N-dealkylation sites (tertiary alicyclic amines) is 1. The minimum atomic E-state index is -0.0128. The van der Waals surface area contributed by atoms with E-state index in [4.69, 9.17) is 0 Å². The first kappa shape index (κ1) is 17.9. The molecular weight excluding hydrogens is 360 g/mol. The Balaban J connectivity index is 2.06. The van der Waals surface area contributed by atoms with E-state index in [1.807, 2.05) is 19.0 Å². The van der Waals surface area contributed by atoms with Crippen LogP contribution in [0.25, 0.3) is 0 Å². The summed E-state index contributed by atoms with van der Waals surface area (Å²) in [6, 6.07) is 2.02. The molecule has 0 radical (unpaired) electrons. The van der Waals surface area contributed by atoms with Crippen LogP contribution in [0, 0.1) is 5.92 Å². The van der Waals surface area contributed by atoms with Gasteiger partial charge in [0.15, 0.2) is 0 Å². The number of rotatable bonds is 4. The maximum Gasteiger partial charge on any atom is 0.255 e. The number of nitrogens with zero attached hydrogens (tertiary/aromatic N) is 3. The predicted molar refractivity (Wildman–Crippen MR) is 92.1 cm³/mol. The molecule has 2 amide bonds. The maximum absolute atomic E-state index is 12.7. The van der Waals surface area contributed by atoms with Gasteiger partial charge in [-0.25, -0.2) is 0 Å². The van der Waals surface area contributed by atoms with Crippen molar-refractivity contribution in [3.63, 3.8) is 0 Å². The van der Waals surface area contributed by atoms with Crippen LogP contribution in [0.5, 0.6) is 0 Å². The molecule has 0 saturated carbocycles. The summed E-state index contributed by atoms with van der Waals surface area (Å²) in [5, 5.41) is 2.90. The number of carbonyl (C=O) groups excluding carboxylic acids is 2. The van der Waals surface area contributed by atoms with Gasteiger partial charge in [0.2, 0.25) is 5.91 Å². The van der Waals surface area contributed by atoms with Crippen LogP contribution in [-0.4, -0.2) is 66.4 Å². The summed E-state index contributed by atoms with van der Waals surface area (Å²) in [6.07, 6.45) is 4.14. The zero-order valence-electron chi connectivity index (χ0n) is 13.8. The monoisotopic (exact) mass is 382 g/mol. The molecule has 7 heteroatoms. The molecule has 1 aromatic heterocycles. The zero-order chi connectivity index (χ0) is 17.0. The van der Waals surface area contributed by atoms with Crippen molar-refractivity contribution in [2.45, 2.75) is 19.4 Å². The van der Waals surface area contributed by atoms with Gasteiger partial charge in [0.25, 0.3) is 5.91 Å². The second-order valence-corrected chi connectivity index (χ2v) is 7.08. The van der Waals surface area contributed by atoms with Gasteiger partial charge in [-0.15, -0.1) is 0 Å². The Bertz CT molecular complexity index is 579. The summed E-state index contributed by atoms with van der Waals surface area (Å²) >= 11 is 3.35. The first-order chi connectivity index (χ1) is 10.9. The second-order valence-electron chi connectivity index (χ2n) is 6.16. The number of likely N-dealkylation sites (N-methyl/N-ethyl adjacent to an activating group) is 1. The molecule has 6 nitrogen and oxygen atoms in total. The van der Waals surface area contributed by atoms with Crippen molar-refractivity contribution in [3.05, 3.63) is 28.5 Å². The number of aromatic nitrogens is 1. The van der Waals surface area contributed by atoms with Crippen molar-refractivity contribution >= 4 is 27.7 Å². The Morgan fingerprint density at radius 3 is 2.78 bits per heavy atom. The molecule has 1 saturated heterocycles. The molecule has 0 spiro atoms. The molecular formula is C16H23BrN4O2. The van der Waals surface area contributed by atoms with Gasteiger partial charge in [-0.1, -0.05) is 0 Å². The fourth-order valence-corrected chi connectivity index (χ4v) is 3.34. The predicted octanol–water partition coefficient (Wildman–Crippen LogP) is 1.37. The molecule has 1 aliphatic heterocycles. The zero-order valence-corrected chi connectivity index (χ0v) is 15.3. The summed E-state index contributed by atoms with van der Waals surface area (Å²) in [5.41, 5.74) is 0.595. The van der Waals surface area contributed by atoms with Crippen LogP contribution in [0.4, 0.5) is 0 Å². The van der Waals surface area contributed by atoms with Gasteiger partial charge in [0.1, 0.15) is 0 Å². The number of piperidine rings is 1. The first-order valence-electron chi connectivity index (χ1n) is 7.69. The third-order valence-electron chi connectivity index (χ3n) is 4.24. The molecule has 2 atom stereocenters. The molecule has 0 bridgehead atoms. The van der Waals surface area contributed by atoms with Crippen LogP contribution in [0.2, 0.25) is 0 Å². The first-order valence-corrected chi connectivity index (χ1v) is 8.48. The molecule has 1 fully saturated rings. The van der Waals surface area contributed by atoms with E-state index in [-0.39, 0.29) is 17.9 Å². The van der Waals surface area contributed by atoms with E-state index in [2.05, 4.69) is 31.1 Å². The Morgan fingerprint density at radius 1 is 1.43 bits per heavy atom. The van der Waals surface area contributed by atoms with E-state index in [0.717, 1.165) is 10.9 Å². The van der Waals surface area contributed by atoms with Crippen LogP contribution < -0.4 is 5.32 Å². The Kier molecular flexibility index (Phi) is 6.12. The Morgan fingerprint density at radius 2 is 2.17 bits per heavy atom. The normalized spacial score (nSPS) is 21.3. The van der Waals surface area contributed by atoms with Crippen LogP contribution >= 0.6 is 15.9 Å². The molecule has 0 unspecified atom stereocenters. The van der Waals surface area contributed by atoms with Gasteiger partial charge in [-0.05, 0) is 48.4 Å². The van der Waals surface area contributed by atoms with E-state index in [1.54, 1.807) is 18.5 Å². The summed E-state index contributed by atoms with van der Waals surface area (Å²) in [4.78, 5) is 31.9. The summed E-state index contributed by atoms with van der Waals surface area (Å²) < 4.78 is 0.799. The lowest BCUT2D eigenvalue weighted by Crippen LogP contribution is -2.54. The van der Waals surface area contributed by atoms with Crippen LogP contribution in [-0.2, 0) is 4.79 Å². The van der Waals surface area contributed by atoms with Crippen molar-refractivity contribution in [1.29, 1.82) is 0 Å². The summed E-state index contributed by atoms with van der Waals surface area (Å²) in [5.74, 6) is 0.337. The highest BCUT2D eigenvalue weighted by Crippen LogP contribution is 2.22. The Hall–Kier alpha value is -1.47. The smallest absolute Gasteiger partial charge is 0.255 e. The van der Waals surface area contributed by atoms with E-state index < -0.39 is 0 Å². The van der Waals surface area contributed by atoms with E-state index in [0.29, 0.717) is 31.1 Å². The van der Waals surface area contributed by atoms with Gasteiger partial charge in [-0.2, -0.15) is 0 Å². The van der Waals surface area contributed by atoms with Crippen LogP contribution in [0.15, 0.2) is 22.9 Å². The van der Waals surface area contributed by atoms with E-state index in [9.17, 15) is 9.59 Å². The molecule has 0 aliphatic carbocycles. The van der Waals surface area contributed by atoms with Crippen molar-refractivity contribution in [1.82, 2.24) is 20.1 Å². The fraction of sp³-hybridized carbons (Fsp3) is 0.562. The summed E-state index contributed by atoms with van der Waals surface area (Å²) in [6.45, 7) is 3.53. The molecule has 0 aromatic carbocycles. The Labute approximate surface area is 145 Å². The van der Waals surface area contributed by atoms with E-state index in [1.165, 1.54) is 6.92 Å². The van der Waals surface area contributed by atoms with Crippen LogP contribution in [0.1, 0.15) is 23.7 Å². The third kappa shape index (κ3) is 4.75. The summed E-state index contributed by atoms with van der Waals surface area (Å²) in [7, 11) is 4.03. The number of nitrogens with one attached hydrogen (secondary N) is 1. The molecule has 2 heterocycles. The van der Waals surface area contributed by atoms with E-state index >= 15 is 0 Å². The number of amides is 2. The van der Waals surface area contributed by atoms with Gasteiger partial charge < -0.3 is 15.1 Å². The highest BCUT2D eigenvalue weighted by atomic mass is 79.9. The number of halogens is 1. The fourth-order valence-electron chi connectivity index (χ4n) is 2.97. The average Bonchev–Trinajstić information content (AvgIpc) is 2.52. The van der Waals surface area contributed by atoms with Gasteiger partial charge in [-0.3, -0.25) is 14.6 Å². The minimum Gasteiger partial charge on any atom is -0.356 e. The maximum atomic E-state index is 12.7. The largest absolute Gasteiger partial charge is 0.356 e. The lowest BCUT2D eigenvalue weighted by atomic mass is 9.90. The SMILES string of the molecule is CC(=O)NC[C@H]1CCN(C(=O)c2cncc(Br)c2)C[C@H]1N(C)C. The average molecular weight is 383 g/mol. The third-order valence-corrected chi connectivity index (χ3v) is 4.67. The number of hydrogen-bond acceptors (Lipinski definition) is 4. The molecule has 23 heavy (non-hydrogen) atoms. The molecule has 1 aromatic rings. The van der Waals surface area contributed by atoms with Crippen molar-refractivity contribution in [3.8, 4) is 0 Å². The van der Waals surface area contributed by atoms with Crippen LogP contribution in [0.3, 0.4) is 0 Å². The van der Waals surface area contributed by atoms with Crippen molar-refractivity contribution in [2.24, 2.45) is 5.92 Å². The highest BCUT2D eigenvalue weighted by Gasteiger charge is 2.33.